The van der Waals surface area contributed by atoms with Crippen LogP contribution in [-0.2, 0) is 6.54 Å². The van der Waals surface area contributed by atoms with Crippen molar-refractivity contribution >= 4 is 33.2 Å². The van der Waals surface area contributed by atoms with Gasteiger partial charge in [-0.1, -0.05) is 0 Å². The largest absolute Gasteiger partial charge is 0.330 e. The molecule has 70 valence electrons. The molecule has 0 bridgehead atoms. The molecule has 0 atom stereocenters. The van der Waals surface area contributed by atoms with E-state index in [1.165, 1.54) is 11.3 Å². The Bertz CT molecular complexity index is 361. The zero-order chi connectivity index (χ0) is 9.59. The first-order chi connectivity index (χ1) is 6.09. The molecule has 1 aliphatic rings. The summed E-state index contributed by atoms with van der Waals surface area (Å²) in [5.41, 5.74) is 0.913. The summed E-state index contributed by atoms with van der Waals surface area (Å²) in [5.74, 6) is 0.119. The van der Waals surface area contributed by atoms with Crippen LogP contribution in [0.15, 0.2) is 3.92 Å². The van der Waals surface area contributed by atoms with Crippen LogP contribution < -0.4 is 0 Å². The van der Waals surface area contributed by atoms with E-state index in [0.29, 0.717) is 6.54 Å². The van der Waals surface area contributed by atoms with Gasteiger partial charge in [0, 0.05) is 6.04 Å². The van der Waals surface area contributed by atoms with Crippen molar-refractivity contribution in [2.75, 3.05) is 0 Å². The summed E-state index contributed by atoms with van der Waals surface area (Å²) in [5, 5.41) is 0. The third-order valence-corrected chi connectivity index (χ3v) is 3.61. The van der Waals surface area contributed by atoms with Gasteiger partial charge < -0.3 is 4.90 Å². The molecule has 0 unspecified atom stereocenters. The number of hydrogen-bond acceptors (Lipinski definition) is 3. The molecule has 1 aromatic heterocycles. The zero-order valence-electron chi connectivity index (χ0n) is 7.37. The van der Waals surface area contributed by atoms with Crippen LogP contribution in [0.2, 0.25) is 0 Å². The van der Waals surface area contributed by atoms with E-state index in [9.17, 15) is 4.79 Å². The van der Waals surface area contributed by atoms with Crippen LogP contribution in [-0.4, -0.2) is 21.8 Å². The molecule has 0 aromatic carbocycles. The van der Waals surface area contributed by atoms with Gasteiger partial charge in [-0.25, -0.2) is 4.98 Å². The number of thiazole rings is 1. The third-order valence-electron chi connectivity index (χ3n) is 2.07. The van der Waals surface area contributed by atoms with Gasteiger partial charge in [-0.15, -0.1) is 11.3 Å². The van der Waals surface area contributed by atoms with Crippen molar-refractivity contribution in [3.8, 4) is 0 Å². The van der Waals surface area contributed by atoms with Crippen molar-refractivity contribution in [3.63, 3.8) is 0 Å². The van der Waals surface area contributed by atoms with E-state index in [-0.39, 0.29) is 11.9 Å². The topological polar surface area (TPSA) is 33.2 Å². The highest BCUT2D eigenvalue weighted by Crippen LogP contribution is 2.31. The number of amides is 1. The van der Waals surface area contributed by atoms with Crippen LogP contribution in [0.5, 0.6) is 0 Å². The third kappa shape index (κ3) is 1.40. The molecule has 3 nitrogen and oxygen atoms in total. The lowest BCUT2D eigenvalue weighted by atomic mass is 10.3. The molecule has 2 rings (SSSR count). The van der Waals surface area contributed by atoms with Crippen molar-refractivity contribution in [1.82, 2.24) is 9.88 Å². The molecule has 13 heavy (non-hydrogen) atoms. The Hall–Kier alpha value is -0.420. The molecular weight excluding hydrogens is 252 g/mol. The van der Waals surface area contributed by atoms with Gasteiger partial charge in [0.2, 0.25) is 0 Å². The highest BCUT2D eigenvalue weighted by atomic mass is 79.9. The van der Waals surface area contributed by atoms with Crippen molar-refractivity contribution in [2.45, 2.75) is 26.4 Å². The normalized spacial score (nSPS) is 15.7. The smallest absolute Gasteiger partial charge is 0.266 e. The van der Waals surface area contributed by atoms with Gasteiger partial charge in [-0.05, 0) is 29.8 Å². The number of aromatic nitrogens is 1. The average molecular weight is 261 g/mol. The molecule has 1 aliphatic heterocycles. The van der Waals surface area contributed by atoms with Crippen LogP contribution in [0.4, 0.5) is 0 Å². The van der Waals surface area contributed by atoms with Crippen molar-refractivity contribution < 1.29 is 4.79 Å². The number of nitrogens with zero attached hydrogens (tertiary/aromatic N) is 2. The standard InChI is InChI=1S/C8H9BrN2OS/c1-4(2)11-3-5-6(7(11)12)13-8(9)10-5/h4H,3H2,1-2H3. The van der Waals surface area contributed by atoms with E-state index in [1.807, 2.05) is 18.7 Å². The van der Waals surface area contributed by atoms with Gasteiger partial charge in [0.25, 0.3) is 5.91 Å². The first-order valence-corrected chi connectivity index (χ1v) is 5.66. The molecular formula is C8H9BrN2OS. The van der Waals surface area contributed by atoms with Crippen LogP contribution in [0, 0.1) is 0 Å². The quantitative estimate of drug-likeness (QED) is 0.777. The van der Waals surface area contributed by atoms with E-state index in [2.05, 4.69) is 20.9 Å². The summed E-state index contributed by atoms with van der Waals surface area (Å²) < 4.78 is 0.800. The summed E-state index contributed by atoms with van der Waals surface area (Å²) in [7, 11) is 0. The number of carbonyl (C=O) groups excluding carboxylic acids is 1. The van der Waals surface area contributed by atoms with E-state index in [4.69, 9.17) is 0 Å². The molecule has 0 aliphatic carbocycles. The maximum absolute atomic E-state index is 11.7. The second-order valence-corrected chi connectivity index (χ2v) is 5.54. The fourth-order valence-corrected chi connectivity index (χ4v) is 2.83. The van der Waals surface area contributed by atoms with Crippen molar-refractivity contribution in [3.05, 3.63) is 14.5 Å². The second-order valence-electron chi connectivity index (χ2n) is 3.27. The Morgan fingerprint density at radius 2 is 2.31 bits per heavy atom. The average Bonchev–Trinajstić information content (AvgIpc) is 2.51. The molecule has 2 heterocycles. The van der Waals surface area contributed by atoms with Crippen LogP contribution in [0.3, 0.4) is 0 Å². The second kappa shape index (κ2) is 3.06. The van der Waals surface area contributed by atoms with E-state index in [1.54, 1.807) is 0 Å². The minimum absolute atomic E-state index is 0.119. The molecule has 0 saturated carbocycles. The molecule has 0 radical (unpaired) electrons. The number of rotatable bonds is 1. The van der Waals surface area contributed by atoms with E-state index in [0.717, 1.165) is 14.5 Å². The number of carbonyl (C=O) groups is 1. The summed E-state index contributed by atoms with van der Waals surface area (Å²) in [4.78, 5) is 18.6. The van der Waals surface area contributed by atoms with E-state index >= 15 is 0 Å². The minimum atomic E-state index is 0.119. The lowest BCUT2D eigenvalue weighted by Crippen LogP contribution is -2.30. The zero-order valence-corrected chi connectivity index (χ0v) is 9.78. The van der Waals surface area contributed by atoms with Gasteiger partial charge in [0.15, 0.2) is 3.92 Å². The summed E-state index contributed by atoms with van der Waals surface area (Å²) >= 11 is 4.70. The van der Waals surface area contributed by atoms with Crippen molar-refractivity contribution in [2.24, 2.45) is 0 Å². The first kappa shape index (κ1) is 9.15. The highest BCUT2D eigenvalue weighted by Gasteiger charge is 2.32. The number of hydrogen-bond donors (Lipinski definition) is 0. The van der Waals surface area contributed by atoms with Gasteiger partial charge in [0.05, 0.1) is 12.2 Å². The maximum Gasteiger partial charge on any atom is 0.266 e. The van der Waals surface area contributed by atoms with Crippen molar-refractivity contribution in [1.29, 1.82) is 0 Å². The monoisotopic (exact) mass is 260 g/mol. The molecule has 0 N–H and O–H groups in total. The minimum Gasteiger partial charge on any atom is -0.330 e. The van der Waals surface area contributed by atoms with Gasteiger partial charge in [-0.2, -0.15) is 0 Å². The summed E-state index contributed by atoms with van der Waals surface area (Å²) in [6, 6.07) is 0.257. The predicted molar refractivity (Wildman–Crippen MR) is 54.8 cm³/mol. The Balaban J connectivity index is 2.35. The highest BCUT2D eigenvalue weighted by molar-refractivity contribution is 9.11. The van der Waals surface area contributed by atoms with Gasteiger partial charge in [-0.3, -0.25) is 4.79 Å². The Kier molecular flexibility index (Phi) is 2.15. The van der Waals surface area contributed by atoms with Crippen LogP contribution >= 0.6 is 27.3 Å². The Morgan fingerprint density at radius 3 is 2.85 bits per heavy atom. The van der Waals surface area contributed by atoms with Gasteiger partial charge in [0.1, 0.15) is 4.88 Å². The number of fused-ring (bicyclic) bond motifs is 1. The Labute approximate surface area is 88.9 Å². The summed E-state index contributed by atoms with van der Waals surface area (Å²) in [6.45, 7) is 4.70. The van der Waals surface area contributed by atoms with Crippen LogP contribution in [0.1, 0.15) is 29.2 Å². The van der Waals surface area contributed by atoms with Crippen LogP contribution in [0.25, 0.3) is 0 Å². The SMILES string of the molecule is CC(C)N1Cc2nc(Br)sc2C1=O. The lowest BCUT2D eigenvalue weighted by Gasteiger charge is -2.19. The van der Waals surface area contributed by atoms with Gasteiger partial charge >= 0.3 is 0 Å². The lowest BCUT2D eigenvalue weighted by molar-refractivity contribution is 0.0733. The molecule has 1 aromatic rings. The molecule has 1 amide bonds. The molecule has 0 spiro atoms. The maximum atomic E-state index is 11.7. The fourth-order valence-electron chi connectivity index (χ4n) is 1.38. The fraction of sp³-hybridized carbons (Fsp3) is 0.500. The number of halogens is 1. The summed E-state index contributed by atoms with van der Waals surface area (Å²) in [6.07, 6.45) is 0. The van der Waals surface area contributed by atoms with E-state index < -0.39 is 0 Å². The molecule has 5 heteroatoms. The first-order valence-electron chi connectivity index (χ1n) is 4.05. The Morgan fingerprint density at radius 1 is 1.62 bits per heavy atom. The molecule has 0 fully saturated rings. The predicted octanol–water partition coefficient (Wildman–Crippen LogP) is 2.27. The molecule has 0 saturated heterocycles.